The highest BCUT2D eigenvalue weighted by atomic mass is 32.1. The van der Waals surface area contributed by atoms with Gasteiger partial charge in [0.1, 0.15) is 0 Å². The number of thiophene rings is 1. The van der Waals surface area contributed by atoms with Crippen LogP contribution in [0.4, 0.5) is 0 Å². The molecule has 0 aromatic carbocycles. The topological polar surface area (TPSA) is 30.0 Å². The van der Waals surface area contributed by atoms with Gasteiger partial charge >= 0.3 is 0 Å². The third kappa shape index (κ3) is 3.41. The van der Waals surface area contributed by atoms with Crippen molar-refractivity contribution in [1.82, 2.24) is 4.98 Å². The zero-order chi connectivity index (χ0) is 14.7. The fraction of sp³-hybridized carbons (Fsp3) is 0.444. The molecule has 2 nitrogen and oxygen atoms in total. The van der Waals surface area contributed by atoms with Crippen LogP contribution in [0.25, 0.3) is 0 Å². The number of hydrogen-bond donors (Lipinski definition) is 0. The lowest BCUT2D eigenvalue weighted by Gasteiger charge is -2.00. The van der Waals surface area contributed by atoms with Gasteiger partial charge in [-0.15, -0.1) is 11.3 Å². The summed E-state index contributed by atoms with van der Waals surface area (Å²) in [6.07, 6.45) is 9.42. The summed E-state index contributed by atoms with van der Waals surface area (Å²) in [4.78, 5) is 19.2. The maximum Gasteiger partial charge on any atom is 0.178 e. The Bertz CT molecular complexity index is 604. The number of pyridine rings is 1. The molecule has 1 aliphatic carbocycles. The fourth-order valence-electron chi connectivity index (χ4n) is 2.83. The number of Topliss-reactive ketones (excluding diaryl/α,β-unsaturated/α-hetero) is 1. The summed E-state index contributed by atoms with van der Waals surface area (Å²) in [5, 5.41) is 0. The van der Waals surface area contributed by atoms with E-state index in [2.05, 4.69) is 24.0 Å². The monoisotopic (exact) mass is 299 g/mol. The second-order valence-electron chi connectivity index (χ2n) is 5.73. The van der Waals surface area contributed by atoms with Crippen molar-refractivity contribution in [1.29, 1.82) is 0 Å². The van der Waals surface area contributed by atoms with Gasteiger partial charge in [-0.2, -0.15) is 0 Å². The van der Waals surface area contributed by atoms with E-state index in [1.54, 1.807) is 11.3 Å². The number of carbonyl (C=O) groups is 1. The molecule has 0 atom stereocenters. The van der Waals surface area contributed by atoms with Gasteiger partial charge in [-0.25, -0.2) is 0 Å². The maximum absolute atomic E-state index is 12.4. The molecular weight excluding hydrogens is 278 g/mol. The maximum atomic E-state index is 12.4. The lowest BCUT2D eigenvalue weighted by molar-refractivity contribution is 0.0995. The molecule has 0 saturated heterocycles. The molecule has 0 radical (unpaired) electrons. The summed E-state index contributed by atoms with van der Waals surface area (Å²) < 4.78 is 0. The van der Waals surface area contributed by atoms with Crippen molar-refractivity contribution in [2.75, 3.05) is 0 Å². The lowest BCUT2D eigenvalue weighted by atomic mass is 10.1. The molecule has 3 heteroatoms. The van der Waals surface area contributed by atoms with Crippen molar-refractivity contribution in [2.24, 2.45) is 0 Å². The highest BCUT2D eigenvalue weighted by molar-refractivity contribution is 7.14. The number of rotatable bonds is 4. The van der Waals surface area contributed by atoms with E-state index < -0.39 is 0 Å². The highest BCUT2D eigenvalue weighted by Gasteiger charge is 2.17. The molecular formula is C18H21NOS. The number of hydrogen-bond acceptors (Lipinski definition) is 3. The van der Waals surface area contributed by atoms with Gasteiger partial charge in [0.2, 0.25) is 0 Å². The normalized spacial score (nSPS) is 14.5. The Morgan fingerprint density at radius 2 is 2.10 bits per heavy atom. The van der Waals surface area contributed by atoms with Gasteiger partial charge < -0.3 is 0 Å². The number of nitrogens with zero attached hydrogens (tertiary/aromatic N) is 1. The Hall–Kier alpha value is -1.48. The third-order valence-electron chi connectivity index (χ3n) is 4.16. The molecule has 0 N–H and O–H groups in total. The number of carbonyl (C=O) groups excluding carboxylic acids is 1. The Balaban J connectivity index is 1.72. The molecule has 0 bridgehead atoms. The average Bonchev–Trinajstić information content (AvgIpc) is 2.79. The second-order valence-corrected chi connectivity index (χ2v) is 6.87. The molecule has 3 rings (SSSR count). The van der Waals surface area contributed by atoms with Crippen LogP contribution in [0.5, 0.6) is 0 Å². The Kier molecular flexibility index (Phi) is 4.49. The smallest absolute Gasteiger partial charge is 0.178 e. The van der Waals surface area contributed by atoms with Crippen LogP contribution >= 0.6 is 11.3 Å². The van der Waals surface area contributed by atoms with E-state index in [-0.39, 0.29) is 5.78 Å². The van der Waals surface area contributed by atoms with E-state index in [0.29, 0.717) is 6.42 Å². The SMILES string of the molecule is CCc1ccc(CC(=O)c2cc3c(s2)CCCCC3)nc1. The molecule has 0 fully saturated rings. The molecule has 110 valence electrons. The van der Waals surface area contributed by atoms with Gasteiger partial charge in [0.25, 0.3) is 0 Å². The molecule has 0 spiro atoms. The summed E-state index contributed by atoms with van der Waals surface area (Å²) in [7, 11) is 0. The van der Waals surface area contributed by atoms with Crippen molar-refractivity contribution in [3.05, 3.63) is 51.0 Å². The highest BCUT2D eigenvalue weighted by Crippen LogP contribution is 2.29. The summed E-state index contributed by atoms with van der Waals surface area (Å²) in [6, 6.07) is 6.18. The van der Waals surface area contributed by atoms with Crippen LogP contribution in [0.15, 0.2) is 24.4 Å². The van der Waals surface area contributed by atoms with E-state index in [1.807, 2.05) is 12.3 Å². The molecule has 21 heavy (non-hydrogen) atoms. The van der Waals surface area contributed by atoms with Gasteiger partial charge in [-0.1, -0.05) is 19.4 Å². The van der Waals surface area contributed by atoms with Gasteiger partial charge in [0.05, 0.1) is 11.3 Å². The molecule has 0 amide bonds. The molecule has 0 saturated carbocycles. The minimum absolute atomic E-state index is 0.213. The van der Waals surface area contributed by atoms with Gasteiger partial charge in [0, 0.05) is 16.8 Å². The van der Waals surface area contributed by atoms with Gasteiger partial charge in [-0.3, -0.25) is 9.78 Å². The molecule has 1 aliphatic rings. The quantitative estimate of drug-likeness (QED) is 0.618. The van der Waals surface area contributed by atoms with E-state index in [0.717, 1.165) is 29.8 Å². The van der Waals surface area contributed by atoms with Crippen LogP contribution in [0.3, 0.4) is 0 Å². The van der Waals surface area contributed by atoms with E-state index in [1.165, 1.54) is 35.3 Å². The zero-order valence-electron chi connectivity index (χ0n) is 12.5. The summed E-state index contributed by atoms with van der Waals surface area (Å²) in [5.74, 6) is 0.213. The first-order chi connectivity index (χ1) is 10.3. The predicted octanol–water partition coefficient (Wildman–Crippen LogP) is 4.40. The lowest BCUT2D eigenvalue weighted by Crippen LogP contribution is -2.03. The second kappa shape index (κ2) is 6.52. The fourth-order valence-corrected chi connectivity index (χ4v) is 4.02. The van der Waals surface area contributed by atoms with Crippen LogP contribution in [-0.4, -0.2) is 10.8 Å². The Morgan fingerprint density at radius 3 is 2.86 bits per heavy atom. The van der Waals surface area contributed by atoms with Crippen LogP contribution in [0, 0.1) is 0 Å². The van der Waals surface area contributed by atoms with Gasteiger partial charge in [0.15, 0.2) is 5.78 Å². The van der Waals surface area contributed by atoms with Gasteiger partial charge in [-0.05, 0) is 55.4 Å². The standard InChI is InChI=1S/C18H21NOS/c1-2-13-8-9-15(19-12-13)11-16(20)18-10-14-6-4-3-5-7-17(14)21-18/h8-10,12H,2-7,11H2,1H3. The number of ketones is 1. The third-order valence-corrected chi connectivity index (χ3v) is 5.44. The molecule has 2 aromatic heterocycles. The predicted molar refractivity (Wildman–Crippen MR) is 87.2 cm³/mol. The van der Waals surface area contributed by atoms with Crippen LogP contribution in [-0.2, 0) is 25.7 Å². The first-order valence-electron chi connectivity index (χ1n) is 7.85. The molecule has 2 heterocycles. The molecule has 0 unspecified atom stereocenters. The van der Waals surface area contributed by atoms with Crippen molar-refractivity contribution in [3.8, 4) is 0 Å². The minimum atomic E-state index is 0.213. The van der Waals surface area contributed by atoms with E-state index >= 15 is 0 Å². The Morgan fingerprint density at radius 1 is 1.24 bits per heavy atom. The molecule has 2 aromatic rings. The summed E-state index contributed by atoms with van der Waals surface area (Å²) in [6.45, 7) is 2.11. The van der Waals surface area contributed by atoms with E-state index in [4.69, 9.17) is 0 Å². The largest absolute Gasteiger partial charge is 0.293 e. The van der Waals surface area contributed by atoms with Crippen molar-refractivity contribution in [3.63, 3.8) is 0 Å². The van der Waals surface area contributed by atoms with E-state index in [9.17, 15) is 4.79 Å². The first kappa shape index (κ1) is 14.5. The van der Waals surface area contributed by atoms with Crippen molar-refractivity contribution < 1.29 is 4.79 Å². The Labute approximate surface area is 130 Å². The van der Waals surface area contributed by atoms with Crippen LogP contribution in [0.1, 0.15) is 57.6 Å². The average molecular weight is 299 g/mol. The van der Waals surface area contributed by atoms with Crippen LogP contribution in [0.2, 0.25) is 0 Å². The van der Waals surface area contributed by atoms with Crippen molar-refractivity contribution in [2.45, 2.75) is 51.9 Å². The number of aryl methyl sites for hydroxylation is 3. The zero-order valence-corrected chi connectivity index (χ0v) is 13.3. The first-order valence-corrected chi connectivity index (χ1v) is 8.66. The summed E-state index contributed by atoms with van der Waals surface area (Å²) in [5.41, 5.74) is 3.50. The number of fused-ring (bicyclic) bond motifs is 1. The number of aromatic nitrogens is 1. The minimum Gasteiger partial charge on any atom is -0.293 e. The van der Waals surface area contributed by atoms with Crippen molar-refractivity contribution >= 4 is 17.1 Å². The summed E-state index contributed by atoms with van der Waals surface area (Å²) >= 11 is 1.71. The molecule has 0 aliphatic heterocycles. The van der Waals surface area contributed by atoms with Crippen LogP contribution < -0.4 is 0 Å².